The van der Waals surface area contributed by atoms with Crippen LogP contribution in [0.15, 0.2) is 18.2 Å². The summed E-state index contributed by atoms with van der Waals surface area (Å²) >= 11 is 0. The Morgan fingerprint density at radius 2 is 1.62 bits per heavy atom. The van der Waals surface area contributed by atoms with Gasteiger partial charge in [0, 0.05) is 5.69 Å². The molecule has 144 valence electrons. The fourth-order valence-corrected chi connectivity index (χ4v) is 3.99. The number of anilines is 1. The molecule has 2 aliphatic rings. The zero-order valence-electron chi connectivity index (χ0n) is 15.0. The summed E-state index contributed by atoms with van der Waals surface area (Å²) in [4.78, 5) is 0. The Hall–Kier alpha value is -1.26. The highest BCUT2D eigenvalue weighted by Gasteiger charge is 2.52. The molecule has 1 N–H and O–H groups in total. The van der Waals surface area contributed by atoms with Crippen molar-refractivity contribution in [2.24, 2.45) is 0 Å². The lowest BCUT2D eigenvalue weighted by Gasteiger charge is -2.32. The second kappa shape index (κ2) is 5.87. The van der Waals surface area contributed by atoms with Crippen molar-refractivity contribution >= 4 is 28.3 Å². The van der Waals surface area contributed by atoms with Gasteiger partial charge >= 0.3 is 13.3 Å². The van der Waals surface area contributed by atoms with E-state index in [0.717, 1.165) is 12.1 Å². The molecule has 0 bridgehead atoms. The van der Waals surface area contributed by atoms with Gasteiger partial charge < -0.3 is 9.31 Å². The third kappa shape index (κ3) is 3.72. The molecule has 0 aromatic heterocycles. The zero-order chi connectivity index (χ0) is 19.5. The third-order valence-corrected chi connectivity index (χ3v) is 6.90. The molecule has 0 unspecified atom stereocenters. The molecule has 0 radical (unpaired) electrons. The first-order valence-corrected chi connectivity index (χ1v) is 9.85. The number of rotatable bonds is 4. The number of benzene rings is 1. The fourth-order valence-electron chi connectivity index (χ4n) is 2.62. The van der Waals surface area contributed by atoms with Crippen molar-refractivity contribution in [3.8, 4) is 0 Å². The Kier molecular flexibility index (Phi) is 4.40. The van der Waals surface area contributed by atoms with Crippen LogP contribution in [0.1, 0.15) is 46.1 Å². The van der Waals surface area contributed by atoms with Crippen LogP contribution in [0, 0.1) is 0 Å². The van der Waals surface area contributed by atoms with Crippen LogP contribution in [-0.2, 0) is 25.5 Å². The van der Waals surface area contributed by atoms with Gasteiger partial charge in [0.25, 0.3) is 0 Å². The molecule has 1 saturated heterocycles. The van der Waals surface area contributed by atoms with Gasteiger partial charge in [-0.1, -0.05) is 6.07 Å². The van der Waals surface area contributed by atoms with E-state index in [-0.39, 0.29) is 11.2 Å². The smallest absolute Gasteiger partial charge is 0.399 e. The number of hydrogen-bond acceptors (Lipinski definition) is 4. The van der Waals surface area contributed by atoms with Crippen molar-refractivity contribution in [2.45, 2.75) is 63.2 Å². The average molecular weight is 391 g/mol. The van der Waals surface area contributed by atoms with E-state index >= 15 is 0 Å². The van der Waals surface area contributed by atoms with E-state index in [1.807, 2.05) is 0 Å². The van der Waals surface area contributed by atoms with Crippen LogP contribution in [-0.4, -0.2) is 32.0 Å². The highest BCUT2D eigenvalue weighted by Crippen LogP contribution is 2.38. The number of hydrogen-bond donors (Lipinski definition) is 1. The van der Waals surface area contributed by atoms with Crippen molar-refractivity contribution in [1.82, 2.24) is 0 Å². The largest absolute Gasteiger partial charge is 0.494 e. The molecule has 0 atom stereocenters. The minimum atomic E-state index is -4.63. The van der Waals surface area contributed by atoms with E-state index in [4.69, 9.17) is 9.31 Å². The van der Waals surface area contributed by atoms with Crippen molar-refractivity contribution in [2.75, 3.05) is 4.72 Å². The molecule has 0 amide bonds. The van der Waals surface area contributed by atoms with Crippen molar-refractivity contribution in [1.29, 1.82) is 0 Å². The maximum atomic E-state index is 13.3. The summed E-state index contributed by atoms with van der Waals surface area (Å²) in [7, 11) is -4.71. The summed E-state index contributed by atoms with van der Waals surface area (Å²) in [5.41, 5.74) is -2.43. The van der Waals surface area contributed by atoms with Crippen molar-refractivity contribution in [3.05, 3.63) is 23.8 Å². The van der Waals surface area contributed by atoms with Crippen LogP contribution in [0.5, 0.6) is 0 Å². The molecule has 1 aromatic carbocycles. The summed E-state index contributed by atoms with van der Waals surface area (Å²) in [5, 5.41) is -0.544. The molecule has 2 fully saturated rings. The van der Waals surface area contributed by atoms with Crippen molar-refractivity contribution < 1.29 is 30.9 Å². The van der Waals surface area contributed by atoms with E-state index in [2.05, 4.69) is 4.72 Å². The Morgan fingerprint density at radius 1 is 1.08 bits per heavy atom. The van der Waals surface area contributed by atoms with Gasteiger partial charge in [-0.3, -0.25) is 4.72 Å². The molecule has 1 aliphatic heterocycles. The first kappa shape index (κ1) is 19.5. The first-order chi connectivity index (χ1) is 11.7. The number of nitrogens with one attached hydrogen (secondary N) is 1. The van der Waals surface area contributed by atoms with Gasteiger partial charge in [0.15, 0.2) is 0 Å². The lowest BCUT2D eigenvalue weighted by Crippen LogP contribution is -2.41. The van der Waals surface area contributed by atoms with Gasteiger partial charge in [-0.05, 0) is 58.1 Å². The molecule has 1 aromatic rings. The van der Waals surface area contributed by atoms with Gasteiger partial charge in [0.1, 0.15) is 0 Å². The average Bonchev–Trinajstić information content (AvgIpc) is 3.26. The van der Waals surface area contributed by atoms with Crippen LogP contribution in [0.25, 0.3) is 0 Å². The van der Waals surface area contributed by atoms with Gasteiger partial charge in [-0.25, -0.2) is 8.42 Å². The second-order valence-electron chi connectivity index (χ2n) is 7.78. The van der Waals surface area contributed by atoms with Crippen LogP contribution < -0.4 is 10.2 Å². The van der Waals surface area contributed by atoms with Crippen LogP contribution in [0.4, 0.5) is 18.9 Å². The number of sulfonamides is 1. The fraction of sp³-hybridized carbons (Fsp3) is 0.625. The Bertz CT molecular complexity index is 803. The summed E-state index contributed by atoms with van der Waals surface area (Å²) in [6.07, 6.45) is -3.60. The minimum Gasteiger partial charge on any atom is -0.399 e. The Balaban J connectivity index is 1.99. The highest BCUT2D eigenvalue weighted by atomic mass is 32.2. The number of alkyl halides is 3. The maximum Gasteiger partial charge on any atom is 0.494 e. The third-order valence-electron chi connectivity index (χ3n) is 5.03. The Labute approximate surface area is 151 Å². The first-order valence-electron chi connectivity index (χ1n) is 8.31. The summed E-state index contributed by atoms with van der Waals surface area (Å²) in [6.45, 7) is 7.16. The molecule has 1 saturated carbocycles. The van der Waals surface area contributed by atoms with E-state index in [0.29, 0.717) is 12.8 Å². The predicted octanol–water partition coefficient (Wildman–Crippen LogP) is 2.91. The van der Waals surface area contributed by atoms with E-state index in [1.54, 1.807) is 27.7 Å². The maximum absolute atomic E-state index is 13.3. The molecule has 1 aliphatic carbocycles. The molecule has 1 heterocycles. The molecule has 0 spiro atoms. The minimum absolute atomic E-state index is 0.118. The SMILES string of the molecule is CC1(C)OB(c2cc(NS(=O)(=O)C3CC3)cc(C(F)(F)F)c2)OC1(C)C. The summed E-state index contributed by atoms with van der Waals surface area (Å²) in [5.74, 6) is 0. The summed E-state index contributed by atoms with van der Waals surface area (Å²) < 4.78 is 77.9. The molecule has 10 heteroatoms. The molecular weight excluding hydrogens is 370 g/mol. The van der Waals surface area contributed by atoms with Gasteiger partial charge in [-0.2, -0.15) is 13.2 Å². The van der Waals surface area contributed by atoms with Crippen LogP contribution in [0.2, 0.25) is 0 Å². The van der Waals surface area contributed by atoms with Crippen molar-refractivity contribution in [3.63, 3.8) is 0 Å². The standard InChI is InChI=1S/C16H21BF3NO4S/c1-14(2)15(3,4)25-17(24-14)11-7-10(16(18,19)20)8-12(9-11)21-26(22,23)13-5-6-13/h7-9,13,21H,5-6H2,1-4H3. The van der Waals surface area contributed by atoms with Gasteiger partial charge in [0.2, 0.25) is 10.0 Å². The number of halogens is 3. The topological polar surface area (TPSA) is 64.6 Å². The monoisotopic (exact) mass is 391 g/mol. The lowest BCUT2D eigenvalue weighted by atomic mass is 9.78. The van der Waals surface area contributed by atoms with Crippen LogP contribution in [0.3, 0.4) is 0 Å². The van der Waals surface area contributed by atoms with Gasteiger partial charge in [0.05, 0.1) is 22.0 Å². The summed E-state index contributed by atoms with van der Waals surface area (Å²) in [6, 6.07) is 3.04. The zero-order valence-corrected chi connectivity index (χ0v) is 15.8. The molecule has 3 rings (SSSR count). The Morgan fingerprint density at radius 3 is 2.08 bits per heavy atom. The second-order valence-corrected chi connectivity index (χ2v) is 9.74. The van der Waals surface area contributed by atoms with Gasteiger partial charge in [-0.15, -0.1) is 0 Å². The lowest BCUT2D eigenvalue weighted by molar-refractivity contribution is -0.137. The normalized spacial score (nSPS) is 22.5. The molecule has 5 nitrogen and oxygen atoms in total. The van der Waals surface area contributed by atoms with Crippen LogP contribution >= 0.6 is 0 Å². The molecule has 26 heavy (non-hydrogen) atoms. The van der Waals surface area contributed by atoms with E-state index < -0.39 is 45.3 Å². The predicted molar refractivity (Wildman–Crippen MR) is 92.7 cm³/mol. The molecular formula is C16H21BF3NO4S. The highest BCUT2D eigenvalue weighted by molar-refractivity contribution is 7.93. The van der Waals surface area contributed by atoms with E-state index in [9.17, 15) is 21.6 Å². The quantitative estimate of drug-likeness (QED) is 0.802. The van der Waals surface area contributed by atoms with E-state index in [1.165, 1.54) is 6.07 Å².